The minimum atomic E-state index is -0.753. The lowest BCUT2D eigenvalue weighted by molar-refractivity contribution is -0.161. The van der Waals surface area contributed by atoms with Crippen LogP contribution in [0.25, 0.3) is 5.69 Å². The summed E-state index contributed by atoms with van der Waals surface area (Å²) in [5.74, 6) is 0.323. The number of halogens is 1. The first-order valence-corrected chi connectivity index (χ1v) is 14.3. The SMILES string of the molecule is CCCCN1C(=O)[C@H](CC(C)C)NC(=O)C12CCN(Cc1c(C)nn(-c3ccc(C(=O)NC)cc3)c1C)CC2.Cl. The predicted molar refractivity (Wildman–Crippen MR) is 159 cm³/mol. The summed E-state index contributed by atoms with van der Waals surface area (Å²) in [7, 11) is 1.62. The van der Waals surface area contributed by atoms with Crippen LogP contribution in [0.3, 0.4) is 0 Å². The third-order valence-corrected chi connectivity index (χ3v) is 8.36. The van der Waals surface area contributed by atoms with E-state index in [0.717, 1.165) is 49.6 Å². The quantitative estimate of drug-likeness (QED) is 0.476. The maximum atomic E-state index is 13.5. The van der Waals surface area contributed by atoms with E-state index < -0.39 is 11.6 Å². The van der Waals surface area contributed by atoms with Crippen LogP contribution in [0.5, 0.6) is 0 Å². The fourth-order valence-corrected chi connectivity index (χ4v) is 6.00. The third-order valence-electron chi connectivity index (χ3n) is 8.36. The molecule has 9 nitrogen and oxygen atoms in total. The van der Waals surface area contributed by atoms with Gasteiger partial charge in [0, 0.05) is 50.0 Å². The zero-order valence-corrected chi connectivity index (χ0v) is 25.6. The molecule has 2 aliphatic heterocycles. The Bertz CT molecular complexity index is 1200. The van der Waals surface area contributed by atoms with Crippen LogP contribution in [-0.2, 0) is 16.1 Å². The number of hydrogen-bond donors (Lipinski definition) is 2. The highest BCUT2D eigenvalue weighted by Gasteiger charge is 2.53. The number of rotatable bonds is 9. The van der Waals surface area contributed by atoms with Crippen molar-refractivity contribution in [1.29, 1.82) is 0 Å². The molecule has 2 aromatic rings. The molecule has 4 rings (SSSR count). The van der Waals surface area contributed by atoms with E-state index in [9.17, 15) is 14.4 Å². The third kappa shape index (κ3) is 6.20. The number of carbonyl (C=O) groups is 3. The number of likely N-dealkylation sites (tertiary alicyclic amines) is 1. The Morgan fingerprint density at radius 2 is 1.80 bits per heavy atom. The number of hydrogen-bond acceptors (Lipinski definition) is 5. The molecule has 2 N–H and O–H groups in total. The van der Waals surface area contributed by atoms with Crippen molar-refractivity contribution < 1.29 is 14.4 Å². The van der Waals surface area contributed by atoms with Gasteiger partial charge in [-0.1, -0.05) is 27.2 Å². The molecule has 10 heteroatoms. The number of benzene rings is 1. The van der Waals surface area contributed by atoms with Crippen molar-refractivity contribution in [2.45, 2.75) is 84.8 Å². The minimum absolute atomic E-state index is 0. The second-order valence-corrected chi connectivity index (χ2v) is 11.5. The van der Waals surface area contributed by atoms with Gasteiger partial charge in [0.15, 0.2) is 0 Å². The molecule has 1 aromatic carbocycles. The van der Waals surface area contributed by atoms with E-state index in [0.29, 0.717) is 37.3 Å². The number of amides is 3. The van der Waals surface area contributed by atoms with Crippen LogP contribution in [-0.4, -0.2) is 75.6 Å². The second kappa shape index (κ2) is 13.2. The lowest BCUT2D eigenvalue weighted by Crippen LogP contribution is -2.73. The fraction of sp³-hybridized carbons (Fsp3) is 0.600. The van der Waals surface area contributed by atoms with Crippen LogP contribution in [0.1, 0.15) is 80.2 Å². The summed E-state index contributed by atoms with van der Waals surface area (Å²) < 4.78 is 1.93. The Morgan fingerprint density at radius 3 is 2.38 bits per heavy atom. The lowest BCUT2D eigenvalue weighted by Gasteiger charge is -2.52. The number of aromatic nitrogens is 2. The zero-order chi connectivity index (χ0) is 28.3. The Morgan fingerprint density at radius 1 is 1.15 bits per heavy atom. The van der Waals surface area contributed by atoms with E-state index in [1.165, 1.54) is 5.56 Å². The fourth-order valence-electron chi connectivity index (χ4n) is 6.00. The summed E-state index contributed by atoms with van der Waals surface area (Å²) in [6.07, 6.45) is 3.83. The summed E-state index contributed by atoms with van der Waals surface area (Å²) in [6.45, 7) is 13.3. The number of nitrogens with one attached hydrogen (secondary N) is 2. The molecule has 3 heterocycles. The summed E-state index contributed by atoms with van der Waals surface area (Å²) in [5.41, 5.74) is 3.97. The highest BCUT2D eigenvalue weighted by Crippen LogP contribution is 2.35. The number of unbranched alkanes of at least 4 members (excludes halogenated alkanes) is 1. The lowest BCUT2D eigenvalue weighted by atomic mass is 9.80. The topological polar surface area (TPSA) is 99.6 Å². The summed E-state index contributed by atoms with van der Waals surface area (Å²) >= 11 is 0. The van der Waals surface area contributed by atoms with Gasteiger partial charge in [-0.2, -0.15) is 5.10 Å². The van der Waals surface area contributed by atoms with Crippen molar-refractivity contribution >= 4 is 30.1 Å². The molecule has 220 valence electrons. The first-order valence-electron chi connectivity index (χ1n) is 14.3. The number of aryl methyl sites for hydroxylation is 1. The van der Waals surface area contributed by atoms with Gasteiger partial charge in [0.2, 0.25) is 11.8 Å². The standard InChI is InChI=1S/C30H44N6O3.ClH/c1-7-8-15-35-28(38)26(18-20(2)3)32-29(39)30(35)13-16-34(17-14-30)19-25-21(4)33-36(22(25)5)24-11-9-23(10-12-24)27(37)31-6;/h9-12,20,26H,7-8,13-19H2,1-6H3,(H,31,37)(H,32,39);1H/t26-;/m0./s1. The Kier molecular flexibility index (Phi) is 10.4. The second-order valence-electron chi connectivity index (χ2n) is 11.5. The van der Waals surface area contributed by atoms with Crippen molar-refractivity contribution in [1.82, 2.24) is 30.2 Å². The van der Waals surface area contributed by atoms with Crippen LogP contribution >= 0.6 is 12.4 Å². The molecular weight excluding hydrogens is 528 g/mol. The first kappa shape index (κ1) is 31.6. The zero-order valence-electron chi connectivity index (χ0n) is 24.7. The Labute approximate surface area is 244 Å². The van der Waals surface area contributed by atoms with Gasteiger partial charge in [-0.3, -0.25) is 19.3 Å². The van der Waals surface area contributed by atoms with E-state index in [2.05, 4.69) is 43.2 Å². The molecule has 0 aliphatic carbocycles. The molecule has 3 amide bonds. The van der Waals surface area contributed by atoms with Gasteiger partial charge in [-0.15, -0.1) is 12.4 Å². The molecule has 0 saturated carbocycles. The van der Waals surface area contributed by atoms with Gasteiger partial charge in [-0.05, 0) is 69.7 Å². The van der Waals surface area contributed by atoms with Crippen molar-refractivity contribution in [2.24, 2.45) is 5.92 Å². The molecule has 1 spiro atoms. The van der Waals surface area contributed by atoms with Gasteiger partial charge in [0.1, 0.15) is 11.6 Å². The highest BCUT2D eigenvalue weighted by molar-refractivity contribution is 6.00. The van der Waals surface area contributed by atoms with Gasteiger partial charge in [-0.25, -0.2) is 4.68 Å². The number of piperidine rings is 1. The van der Waals surface area contributed by atoms with E-state index in [1.807, 2.05) is 28.6 Å². The van der Waals surface area contributed by atoms with Crippen LogP contribution < -0.4 is 10.6 Å². The Balaban J connectivity index is 0.00000441. The molecule has 40 heavy (non-hydrogen) atoms. The summed E-state index contributed by atoms with van der Waals surface area (Å²) in [5, 5.41) is 10.5. The monoisotopic (exact) mass is 572 g/mol. The maximum Gasteiger partial charge on any atom is 0.251 e. The summed E-state index contributed by atoms with van der Waals surface area (Å²) in [4.78, 5) is 43.3. The first-order chi connectivity index (χ1) is 18.6. The van der Waals surface area contributed by atoms with Crippen LogP contribution in [0.15, 0.2) is 24.3 Å². The maximum absolute atomic E-state index is 13.5. The molecule has 2 fully saturated rings. The van der Waals surface area contributed by atoms with Gasteiger partial charge in [0.25, 0.3) is 5.91 Å². The molecule has 1 atom stereocenters. The Hall–Kier alpha value is -2.91. The number of carbonyl (C=O) groups excluding carboxylic acids is 3. The van der Waals surface area contributed by atoms with Crippen molar-refractivity contribution in [2.75, 3.05) is 26.7 Å². The average molecular weight is 573 g/mol. The van der Waals surface area contributed by atoms with Crippen LogP contribution in [0, 0.1) is 19.8 Å². The molecule has 0 bridgehead atoms. The molecule has 0 unspecified atom stereocenters. The minimum Gasteiger partial charge on any atom is -0.355 e. The molecule has 0 radical (unpaired) electrons. The normalized spacial score (nSPS) is 19.1. The summed E-state index contributed by atoms with van der Waals surface area (Å²) in [6, 6.07) is 7.02. The van der Waals surface area contributed by atoms with E-state index in [-0.39, 0.29) is 30.1 Å². The molecule has 2 saturated heterocycles. The smallest absolute Gasteiger partial charge is 0.251 e. The predicted octanol–water partition coefficient (Wildman–Crippen LogP) is 3.78. The molecular formula is C30H45ClN6O3. The number of piperazine rings is 1. The largest absolute Gasteiger partial charge is 0.355 e. The number of nitrogens with zero attached hydrogens (tertiary/aromatic N) is 4. The van der Waals surface area contributed by atoms with Crippen LogP contribution in [0.4, 0.5) is 0 Å². The van der Waals surface area contributed by atoms with Crippen molar-refractivity contribution in [3.05, 3.63) is 46.8 Å². The van der Waals surface area contributed by atoms with Crippen LogP contribution in [0.2, 0.25) is 0 Å². The average Bonchev–Trinajstić information content (AvgIpc) is 3.20. The van der Waals surface area contributed by atoms with Crippen molar-refractivity contribution in [3.63, 3.8) is 0 Å². The molecule has 2 aliphatic rings. The van der Waals surface area contributed by atoms with Gasteiger partial charge in [0.05, 0.1) is 11.4 Å². The van der Waals surface area contributed by atoms with E-state index in [4.69, 9.17) is 5.10 Å². The van der Waals surface area contributed by atoms with Gasteiger partial charge >= 0.3 is 0 Å². The highest BCUT2D eigenvalue weighted by atomic mass is 35.5. The van der Waals surface area contributed by atoms with E-state index >= 15 is 0 Å². The molecule has 1 aromatic heterocycles. The van der Waals surface area contributed by atoms with Crippen molar-refractivity contribution in [3.8, 4) is 5.69 Å². The van der Waals surface area contributed by atoms with Gasteiger partial charge < -0.3 is 15.5 Å². The van der Waals surface area contributed by atoms with E-state index in [1.54, 1.807) is 19.2 Å².